The summed E-state index contributed by atoms with van der Waals surface area (Å²) >= 11 is 1.47. The van der Waals surface area contributed by atoms with Crippen LogP contribution in [-0.2, 0) is 12.3 Å². The lowest BCUT2D eigenvalue weighted by atomic mass is 10.2. The highest BCUT2D eigenvalue weighted by Crippen LogP contribution is 2.32. The van der Waals surface area contributed by atoms with Crippen molar-refractivity contribution in [1.82, 2.24) is 24.9 Å². The lowest BCUT2D eigenvalue weighted by Crippen LogP contribution is -2.00. The smallest absolute Gasteiger partial charge is 0.237 e. The van der Waals surface area contributed by atoms with Crippen molar-refractivity contribution in [1.29, 1.82) is 0 Å². The summed E-state index contributed by atoms with van der Waals surface area (Å²) in [4.78, 5) is 4.50. The zero-order valence-electron chi connectivity index (χ0n) is 17.2. The topological polar surface area (TPSA) is 88.1 Å². The van der Waals surface area contributed by atoms with Crippen LogP contribution in [0.5, 0.6) is 11.5 Å². The molecule has 2 heterocycles. The number of rotatable bonds is 9. The maximum Gasteiger partial charge on any atom is 0.237 e. The van der Waals surface area contributed by atoms with Crippen LogP contribution >= 0.6 is 11.8 Å². The van der Waals surface area contributed by atoms with Crippen LogP contribution in [0.15, 0.2) is 70.9 Å². The van der Waals surface area contributed by atoms with Gasteiger partial charge in [-0.2, -0.15) is 4.98 Å². The minimum absolute atomic E-state index is 0.452. The van der Waals surface area contributed by atoms with Gasteiger partial charge in [-0.05, 0) is 12.1 Å². The highest BCUT2D eigenvalue weighted by Gasteiger charge is 2.17. The molecule has 2 aromatic heterocycles. The third kappa shape index (κ3) is 4.46. The average Bonchev–Trinajstić information content (AvgIpc) is 3.45. The van der Waals surface area contributed by atoms with Gasteiger partial charge in [0.2, 0.25) is 11.7 Å². The minimum Gasteiger partial charge on any atom is -0.497 e. The van der Waals surface area contributed by atoms with Gasteiger partial charge in [0.05, 0.1) is 25.5 Å². The Morgan fingerprint density at radius 2 is 1.94 bits per heavy atom. The summed E-state index contributed by atoms with van der Waals surface area (Å²) in [7, 11) is 3.19. The number of benzene rings is 2. The first-order valence-electron chi connectivity index (χ1n) is 9.50. The van der Waals surface area contributed by atoms with Crippen LogP contribution in [0, 0.1) is 0 Å². The van der Waals surface area contributed by atoms with Crippen LogP contribution in [0.2, 0.25) is 0 Å². The van der Waals surface area contributed by atoms with E-state index in [-0.39, 0.29) is 0 Å². The van der Waals surface area contributed by atoms with E-state index in [1.54, 1.807) is 20.3 Å². The second kappa shape index (κ2) is 9.48. The van der Waals surface area contributed by atoms with Gasteiger partial charge in [-0.25, -0.2) is 0 Å². The number of nitrogens with zero attached hydrogens (tertiary/aromatic N) is 5. The van der Waals surface area contributed by atoms with Crippen molar-refractivity contribution in [3.05, 3.63) is 67.1 Å². The fraction of sp³-hybridized carbons (Fsp3) is 0.182. The molecule has 0 aliphatic carbocycles. The molecule has 4 aromatic rings. The van der Waals surface area contributed by atoms with E-state index in [4.69, 9.17) is 14.0 Å². The SMILES string of the molecule is C=CCn1c(SCc2nc(-c3ccc(OC)cc3OC)no2)nnc1-c1ccccc1. The molecule has 0 amide bonds. The molecule has 0 saturated heterocycles. The van der Waals surface area contributed by atoms with Crippen LogP contribution in [0.1, 0.15) is 5.89 Å². The standard InChI is InChI=1S/C22H21N5O3S/c1-4-12-27-21(15-8-6-5-7-9-15)24-25-22(27)31-14-19-23-20(26-30-19)17-11-10-16(28-2)13-18(17)29-3/h4-11,13H,1,12,14H2,2-3H3. The molecule has 0 saturated carbocycles. The predicted molar refractivity (Wildman–Crippen MR) is 118 cm³/mol. The zero-order valence-corrected chi connectivity index (χ0v) is 18.0. The van der Waals surface area contributed by atoms with Gasteiger partial charge < -0.3 is 14.0 Å². The van der Waals surface area contributed by atoms with Gasteiger partial charge in [-0.1, -0.05) is 53.3 Å². The summed E-state index contributed by atoms with van der Waals surface area (Å²) in [6.07, 6.45) is 1.82. The van der Waals surface area contributed by atoms with Crippen molar-refractivity contribution in [3.8, 4) is 34.3 Å². The highest BCUT2D eigenvalue weighted by atomic mass is 32.2. The number of methoxy groups -OCH3 is 2. The van der Waals surface area contributed by atoms with E-state index in [9.17, 15) is 0 Å². The molecular weight excluding hydrogens is 414 g/mol. The number of allylic oxidation sites excluding steroid dienone is 1. The fourth-order valence-electron chi connectivity index (χ4n) is 3.02. The molecule has 0 aliphatic rings. The van der Waals surface area contributed by atoms with Gasteiger partial charge in [0, 0.05) is 18.2 Å². The van der Waals surface area contributed by atoms with E-state index in [0.29, 0.717) is 35.5 Å². The highest BCUT2D eigenvalue weighted by molar-refractivity contribution is 7.98. The van der Waals surface area contributed by atoms with Crippen LogP contribution in [0.25, 0.3) is 22.8 Å². The third-order valence-electron chi connectivity index (χ3n) is 4.50. The molecule has 0 fully saturated rings. The molecule has 9 heteroatoms. The van der Waals surface area contributed by atoms with E-state index >= 15 is 0 Å². The first-order valence-corrected chi connectivity index (χ1v) is 10.5. The van der Waals surface area contributed by atoms with Gasteiger partial charge in [0.25, 0.3) is 0 Å². The Labute approximate surface area is 183 Å². The maximum absolute atomic E-state index is 5.44. The van der Waals surface area contributed by atoms with Crippen LogP contribution in [0.3, 0.4) is 0 Å². The number of ether oxygens (including phenoxy) is 2. The second-order valence-electron chi connectivity index (χ2n) is 6.44. The summed E-state index contributed by atoms with van der Waals surface area (Å²) in [5.41, 5.74) is 1.72. The van der Waals surface area contributed by atoms with Gasteiger partial charge >= 0.3 is 0 Å². The lowest BCUT2D eigenvalue weighted by molar-refractivity contribution is 0.388. The summed E-state index contributed by atoms with van der Waals surface area (Å²) < 4.78 is 18.1. The van der Waals surface area contributed by atoms with Crippen molar-refractivity contribution < 1.29 is 14.0 Å². The normalized spacial score (nSPS) is 10.8. The van der Waals surface area contributed by atoms with Crippen molar-refractivity contribution >= 4 is 11.8 Å². The van der Waals surface area contributed by atoms with Crippen molar-refractivity contribution in [3.63, 3.8) is 0 Å². The molecule has 0 unspecified atom stereocenters. The molecule has 31 heavy (non-hydrogen) atoms. The minimum atomic E-state index is 0.452. The second-order valence-corrected chi connectivity index (χ2v) is 7.38. The first-order chi connectivity index (χ1) is 15.2. The Kier molecular flexibility index (Phi) is 6.32. The average molecular weight is 436 g/mol. The van der Waals surface area contributed by atoms with E-state index in [0.717, 1.165) is 22.1 Å². The molecule has 2 aromatic carbocycles. The third-order valence-corrected chi connectivity index (χ3v) is 5.45. The largest absolute Gasteiger partial charge is 0.497 e. The number of thioether (sulfide) groups is 1. The molecule has 0 N–H and O–H groups in total. The summed E-state index contributed by atoms with van der Waals surface area (Å²) in [6.45, 7) is 4.44. The van der Waals surface area contributed by atoms with Crippen molar-refractivity contribution in [2.75, 3.05) is 14.2 Å². The quantitative estimate of drug-likeness (QED) is 0.281. The summed E-state index contributed by atoms with van der Waals surface area (Å²) in [6, 6.07) is 15.4. The molecule has 0 aliphatic heterocycles. The molecular formula is C22H21N5O3S. The molecule has 4 rings (SSSR count). The molecule has 0 spiro atoms. The van der Waals surface area contributed by atoms with Crippen molar-refractivity contribution in [2.45, 2.75) is 17.5 Å². The Morgan fingerprint density at radius 1 is 1.10 bits per heavy atom. The number of hydrogen-bond donors (Lipinski definition) is 0. The van der Waals surface area contributed by atoms with Crippen LogP contribution in [-0.4, -0.2) is 39.1 Å². The maximum atomic E-state index is 5.44. The van der Waals surface area contributed by atoms with E-state index in [1.165, 1.54) is 11.8 Å². The van der Waals surface area contributed by atoms with Crippen LogP contribution < -0.4 is 9.47 Å². The van der Waals surface area contributed by atoms with Crippen molar-refractivity contribution in [2.24, 2.45) is 0 Å². The molecule has 158 valence electrons. The van der Waals surface area contributed by atoms with E-state index in [1.807, 2.05) is 53.1 Å². The molecule has 8 nitrogen and oxygen atoms in total. The van der Waals surface area contributed by atoms with E-state index in [2.05, 4.69) is 26.9 Å². The summed E-state index contributed by atoms with van der Waals surface area (Å²) in [5.74, 6) is 3.47. The molecule has 0 bridgehead atoms. The summed E-state index contributed by atoms with van der Waals surface area (Å²) in [5, 5.41) is 13.5. The van der Waals surface area contributed by atoms with Crippen LogP contribution in [0.4, 0.5) is 0 Å². The van der Waals surface area contributed by atoms with E-state index < -0.39 is 0 Å². The monoisotopic (exact) mass is 435 g/mol. The first kappa shape index (κ1) is 20.7. The number of aromatic nitrogens is 5. The van der Waals surface area contributed by atoms with Gasteiger partial charge in [0.15, 0.2) is 11.0 Å². The fourth-order valence-corrected chi connectivity index (χ4v) is 3.81. The predicted octanol–water partition coefficient (Wildman–Crippen LogP) is 4.49. The van der Waals surface area contributed by atoms with Gasteiger partial charge in [-0.15, -0.1) is 16.8 Å². The zero-order chi connectivity index (χ0) is 21.6. The Balaban J connectivity index is 1.53. The Bertz CT molecular complexity index is 1170. The van der Waals surface area contributed by atoms with Gasteiger partial charge in [0.1, 0.15) is 11.5 Å². The molecule has 0 atom stereocenters. The van der Waals surface area contributed by atoms with Gasteiger partial charge in [-0.3, -0.25) is 4.57 Å². The lowest BCUT2D eigenvalue weighted by Gasteiger charge is -2.07. The Morgan fingerprint density at radius 3 is 2.68 bits per heavy atom. The Hall–Kier alpha value is -3.59. The molecule has 0 radical (unpaired) electrons. The number of hydrogen-bond acceptors (Lipinski definition) is 8.